The third-order valence-corrected chi connectivity index (χ3v) is 3.88. The number of non-ortho nitro benzene ring substituents is 1. The Morgan fingerprint density at radius 3 is 2.27 bits per heavy atom. The lowest BCUT2D eigenvalue weighted by Crippen LogP contribution is -2.29. The predicted octanol–water partition coefficient (Wildman–Crippen LogP) is 3.48. The first-order valence-electron chi connectivity index (χ1n) is 7.25. The molecule has 0 bridgehead atoms. The molecule has 0 heterocycles. The molecule has 0 spiro atoms. The molecule has 3 rings (SSSR count). The maximum Gasteiger partial charge on any atom is 0.269 e. The van der Waals surface area contributed by atoms with Gasteiger partial charge in [-0.15, -0.1) is 0 Å². The Balaban J connectivity index is 1.75. The van der Waals surface area contributed by atoms with Gasteiger partial charge in [0, 0.05) is 17.7 Å². The van der Waals surface area contributed by atoms with Crippen LogP contribution in [-0.4, -0.2) is 10.8 Å². The van der Waals surface area contributed by atoms with E-state index in [9.17, 15) is 14.9 Å². The fourth-order valence-corrected chi connectivity index (χ4v) is 2.52. The Kier molecular flexibility index (Phi) is 3.87. The van der Waals surface area contributed by atoms with Crippen LogP contribution in [0.25, 0.3) is 0 Å². The van der Waals surface area contributed by atoms with Gasteiger partial charge in [-0.2, -0.15) is 0 Å². The standard InChI is InChI=1S/C17H16N2O3/c20-17(14-8-10-15(11-9-14)19(21)22)18-16(13-6-7-13)12-4-2-1-3-5-12/h1-5,8-11,13,16H,6-7H2,(H,18,20). The number of nitro benzene ring substituents is 1. The minimum absolute atomic E-state index is 0.00360. The number of carbonyl (C=O) groups excluding carboxylic acids is 1. The van der Waals surface area contributed by atoms with Crippen LogP contribution in [0.15, 0.2) is 54.6 Å². The summed E-state index contributed by atoms with van der Waals surface area (Å²) in [5.74, 6) is 0.278. The minimum atomic E-state index is -0.474. The molecular weight excluding hydrogens is 280 g/mol. The largest absolute Gasteiger partial charge is 0.345 e. The van der Waals surface area contributed by atoms with Crippen molar-refractivity contribution in [2.24, 2.45) is 5.92 Å². The van der Waals surface area contributed by atoms with Crippen LogP contribution >= 0.6 is 0 Å². The number of nitro groups is 1. The van der Waals surface area contributed by atoms with Gasteiger partial charge in [0.1, 0.15) is 0 Å². The van der Waals surface area contributed by atoms with Gasteiger partial charge >= 0.3 is 0 Å². The second kappa shape index (κ2) is 5.97. The summed E-state index contributed by atoms with van der Waals surface area (Å²) in [5, 5.41) is 13.7. The van der Waals surface area contributed by atoms with Gasteiger partial charge in [-0.3, -0.25) is 14.9 Å². The molecule has 1 aliphatic rings. The summed E-state index contributed by atoms with van der Waals surface area (Å²) >= 11 is 0. The van der Waals surface area contributed by atoms with Gasteiger partial charge in [-0.05, 0) is 36.5 Å². The summed E-state index contributed by atoms with van der Waals surface area (Å²) in [4.78, 5) is 22.5. The Labute approximate surface area is 128 Å². The second-order valence-electron chi connectivity index (χ2n) is 5.50. The highest BCUT2D eigenvalue weighted by Crippen LogP contribution is 2.41. The van der Waals surface area contributed by atoms with Crippen molar-refractivity contribution in [2.45, 2.75) is 18.9 Å². The predicted molar refractivity (Wildman–Crippen MR) is 82.5 cm³/mol. The molecule has 5 nitrogen and oxygen atoms in total. The number of nitrogens with one attached hydrogen (secondary N) is 1. The number of hydrogen-bond donors (Lipinski definition) is 1. The molecule has 1 unspecified atom stereocenters. The van der Waals surface area contributed by atoms with Gasteiger partial charge in [-0.25, -0.2) is 0 Å². The van der Waals surface area contributed by atoms with Crippen LogP contribution in [0.2, 0.25) is 0 Å². The topological polar surface area (TPSA) is 72.2 Å². The minimum Gasteiger partial charge on any atom is -0.345 e. The SMILES string of the molecule is O=C(NC(c1ccccc1)C1CC1)c1ccc([N+](=O)[O-])cc1. The highest BCUT2D eigenvalue weighted by Gasteiger charge is 2.33. The highest BCUT2D eigenvalue weighted by atomic mass is 16.6. The van der Waals surface area contributed by atoms with Crippen LogP contribution in [0.4, 0.5) is 5.69 Å². The zero-order valence-electron chi connectivity index (χ0n) is 11.9. The summed E-state index contributed by atoms with van der Waals surface area (Å²) in [6.07, 6.45) is 2.22. The van der Waals surface area contributed by atoms with Gasteiger partial charge in [0.2, 0.25) is 0 Å². The normalized spacial score (nSPS) is 15.1. The van der Waals surface area contributed by atoms with E-state index >= 15 is 0 Å². The number of carbonyl (C=O) groups is 1. The lowest BCUT2D eigenvalue weighted by molar-refractivity contribution is -0.384. The van der Waals surface area contributed by atoms with Crippen LogP contribution < -0.4 is 5.32 Å². The van der Waals surface area contributed by atoms with Crippen LogP contribution in [0.1, 0.15) is 34.8 Å². The lowest BCUT2D eigenvalue weighted by Gasteiger charge is -2.18. The van der Waals surface area contributed by atoms with Crippen LogP contribution in [0.3, 0.4) is 0 Å². The van der Waals surface area contributed by atoms with Gasteiger partial charge in [0.25, 0.3) is 11.6 Å². The van der Waals surface area contributed by atoms with Crippen molar-refractivity contribution in [1.82, 2.24) is 5.32 Å². The highest BCUT2D eigenvalue weighted by molar-refractivity contribution is 5.94. The van der Waals surface area contributed by atoms with Crippen molar-refractivity contribution in [3.8, 4) is 0 Å². The van der Waals surface area contributed by atoms with E-state index in [1.54, 1.807) is 0 Å². The molecule has 1 fully saturated rings. The molecule has 2 aromatic rings. The number of nitrogens with zero attached hydrogens (tertiary/aromatic N) is 1. The molecule has 1 atom stereocenters. The molecule has 5 heteroatoms. The summed E-state index contributed by atoms with van der Waals surface area (Å²) in [6.45, 7) is 0. The Hall–Kier alpha value is -2.69. The molecule has 1 amide bonds. The monoisotopic (exact) mass is 296 g/mol. The molecule has 0 aromatic heterocycles. The molecule has 22 heavy (non-hydrogen) atoms. The summed E-state index contributed by atoms with van der Waals surface area (Å²) in [7, 11) is 0. The third kappa shape index (κ3) is 3.14. The van der Waals surface area contributed by atoms with Gasteiger partial charge in [0.05, 0.1) is 11.0 Å². The smallest absolute Gasteiger partial charge is 0.269 e. The average Bonchev–Trinajstić information content (AvgIpc) is 3.38. The van der Waals surface area contributed by atoms with E-state index in [1.807, 2.05) is 30.3 Å². The summed E-state index contributed by atoms with van der Waals surface area (Å²) < 4.78 is 0. The third-order valence-electron chi connectivity index (χ3n) is 3.88. The first-order valence-corrected chi connectivity index (χ1v) is 7.25. The van der Waals surface area contributed by atoms with Crippen molar-refractivity contribution in [3.05, 3.63) is 75.8 Å². The van der Waals surface area contributed by atoms with E-state index in [2.05, 4.69) is 5.32 Å². The van der Waals surface area contributed by atoms with E-state index in [0.717, 1.165) is 18.4 Å². The number of rotatable bonds is 5. The molecule has 0 radical (unpaired) electrons. The number of hydrogen-bond acceptors (Lipinski definition) is 3. The quantitative estimate of drug-likeness (QED) is 0.678. The fraction of sp³-hybridized carbons (Fsp3) is 0.235. The molecule has 0 aliphatic heterocycles. The van der Waals surface area contributed by atoms with Crippen molar-refractivity contribution in [3.63, 3.8) is 0 Å². The Bertz CT molecular complexity index is 679. The van der Waals surface area contributed by atoms with Gasteiger partial charge in [-0.1, -0.05) is 30.3 Å². The summed E-state index contributed by atoms with van der Waals surface area (Å²) in [6, 6.07) is 15.6. The van der Waals surface area contributed by atoms with E-state index in [4.69, 9.17) is 0 Å². The lowest BCUT2D eigenvalue weighted by atomic mass is 10.0. The fourth-order valence-electron chi connectivity index (χ4n) is 2.52. The molecule has 1 saturated carbocycles. The van der Waals surface area contributed by atoms with Gasteiger partial charge < -0.3 is 5.32 Å². The first kappa shape index (κ1) is 14.3. The van der Waals surface area contributed by atoms with Crippen molar-refractivity contribution >= 4 is 11.6 Å². The maximum atomic E-state index is 12.4. The van der Waals surface area contributed by atoms with Crippen LogP contribution in [0.5, 0.6) is 0 Å². The van der Waals surface area contributed by atoms with Gasteiger partial charge in [0.15, 0.2) is 0 Å². The van der Waals surface area contributed by atoms with E-state index in [0.29, 0.717) is 11.5 Å². The Morgan fingerprint density at radius 1 is 1.09 bits per heavy atom. The number of benzene rings is 2. The molecular formula is C17H16N2O3. The average molecular weight is 296 g/mol. The Morgan fingerprint density at radius 2 is 1.73 bits per heavy atom. The van der Waals surface area contributed by atoms with E-state index in [1.165, 1.54) is 24.3 Å². The van der Waals surface area contributed by atoms with E-state index < -0.39 is 4.92 Å². The molecule has 0 saturated heterocycles. The second-order valence-corrected chi connectivity index (χ2v) is 5.50. The zero-order valence-corrected chi connectivity index (χ0v) is 11.9. The molecule has 1 N–H and O–H groups in total. The molecule has 112 valence electrons. The van der Waals surface area contributed by atoms with Crippen LogP contribution in [0, 0.1) is 16.0 Å². The summed E-state index contributed by atoms with van der Waals surface area (Å²) in [5.41, 5.74) is 1.52. The maximum absolute atomic E-state index is 12.4. The van der Waals surface area contributed by atoms with Crippen LogP contribution in [-0.2, 0) is 0 Å². The van der Waals surface area contributed by atoms with Crippen molar-refractivity contribution in [1.29, 1.82) is 0 Å². The first-order chi connectivity index (χ1) is 10.6. The zero-order chi connectivity index (χ0) is 15.5. The molecule has 2 aromatic carbocycles. The van der Waals surface area contributed by atoms with E-state index in [-0.39, 0.29) is 17.6 Å². The van der Waals surface area contributed by atoms with Crippen molar-refractivity contribution < 1.29 is 9.72 Å². The van der Waals surface area contributed by atoms with Crippen molar-refractivity contribution in [2.75, 3.05) is 0 Å². The number of amides is 1. The molecule has 1 aliphatic carbocycles.